The third-order valence-corrected chi connectivity index (χ3v) is 4.73. The summed E-state index contributed by atoms with van der Waals surface area (Å²) >= 11 is 0. The van der Waals surface area contributed by atoms with Crippen LogP contribution in [0.5, 0.6) is 0 Å². The minimum Gasteiger partial charge on any atom is -0.328 e. The van der Waals surface area contributed by atoms with Gasteiger partial charge >= 0.3 is 0 Å². The predicted octanol–water partition coefficient (Wildman–Crippen LogP) is 5.06. The van der Waals surface area contributed by atoms with Crippen LogP contribution in [0.1, 0.15) is 22.6 Å². The van der Waals surface area contributed by atoms with Crippen molar-refractivity contribution >= 4 is 12.2 Å². The molecule has 27 heavy (non-hydrogen) atoms. The van der Waals surface area contributed by atoms with Gasteiger partial charge in [-0.15, -0.1) is 0 Å². The van der Waals surface area contributed by atoms with E-state index in [1.165, 1.54) is 11.1 Å². The van der Waals surface area contributed by atoms with Gasteiger partial charge in [0, 0.05) is 18.9 Å². The lowest BCUT2D eigenvalue weighted by Gasteiger charge is -2.07. The molecule has 0 aliphatic rings. The van der Waals surface area contributed by atoms with Crippen molar-refractivity contribution in [2.75, 3.05) is 0 Å². The molecule has 4 rings (SSSR count). The standard InChI is InChI=1S/C23H22N4/c1-17-13-19(9-11-21(17)27-15-18(2)25-16-27)10-12-23-24-14-22(26(23)3)20-7-5-4-6-8-20/h4-16H,1-3H3/b12-10+. The summed E-state index contributed by atoms with van der Waals surface area (Å²) < 4.78 is 4.17. The summed E-state index contributed by atoms with van der Waals surface area (Å²) in [6, 6.07) is 16.8. The minimum absolute atomic E-state index is 0.931. The lowest BCUT2D eigenvalue weighted by Crippen LogP contribution is -1.95. The number of benzene rings is 2. The van der Waals surface area contributed by atoms with Gasteiger partial charge in [0.2, 0.25) is 0 Å². The second-order valence-corrected chi connectivity index (χ2v) is 6.73. The van der Waals surface area contributed by atoms with Crippen molar-refractivity contribution in [2.24, 2.45) is 7.05 Å². The van der Waals surface area contributed by atoms with E-state index in [9.17, 15) is 0 Å². The number of aryl methyl sites for hydroxylation is 2. The van der Waals surface area contributed by atoms with Crippen molar-refractivity contribution in [3.8, 4) is 16.9 Å². The monoisotopic (exact) mass is 354 g/mol. The summed E-state index contributed by atoms with van der Waals surface area (Å²) in [6.07, 6.45) is 9.98. The van der Waals surface area contributed by atoms with Crippen molar-refractivity contribution in [2.45, 2.75) is 13.8 Å². The third kappa shape index (κ3) is 3.47. The van der Waals surface area contributed by atoms with Crippen LogP contribution in [-0.2, 0) is 7.05 Å². The number of imidazole rings is 2. The van der Waals surface area contributed by atoms with E-state index in [1.54, 1.807) is 0 Å². The van der Waals surface area contributed by atoms with Gasteiger partial charge in [0.05, 0.1) is 23.9 Å². The molecule has 134 valence electrons. The molecule has 0 aliphatic carbocycles. The summed E-state index contributed by atoms with van der Waals surface area (Å²) in [5, 5.41) is 0. The predicted molar refractivity (Wildman–Crippen MR) is 111 cm³/mol. The third-order valence-electron chi connectivity index (χ3n) is 4.73. The quantitative estimate of drug-likeness (QED) is 0.513. The summed E-state index contributed by atoms with van der Waals surface area (Å²) in [5.74, 6) is 0.931. The average molecular weight is 354 g/mol. The van der Waals surface area contributed by atoms with Crippen LogP contribution in [0.2, 0.25) is 0 Å². The van der Waals surface area contributed by atoms with Crippen molar-refractivity contribution in [1.29, 1.82) is 0 Å². The number of hydrogen-bond acceptors (Lipinski definition) is 2. The maximum atomic E-state index is 4.56. The largest absolute Gasteiger partial charge is 0.328 e. The molecule has 0 aliphatic heterocycles. The van der Waals surface area contributed by atoms with Gasteiger partial charge in [-0.2, -0.15) is 0 Å². The molecule has 4 nitrogen and oxygen atoms in total. The van der Waals surface area contributed by atoms with Crippen molar-refractivity contribution in [1.82, 2.24) is 19.1 Å². The maximum Gasteiger partial charge on any atom is 0.132 e. The highest BCUT2D eigenvalue weighted by molar-refractivity contribution is 5.70. The second-order valence-electron chi connectivity index (χ2n) is 6.73. The fourth-order valence-electron chi connectivity index (χ4n) is 3.25. The van der Waals surface area contributed by atoms with Gasteiger partial charge in [0.25, 0.3) is 0 Å². The fraction of sp³-hybridized carbons (Fsp3) is 0.130. The summed E-state index contributed by atoms with van der Waals surface area (Å²) in [4.78, 5) is 8.87. The van der Waals surface area contributed by atoms with Gasteiger partial charge < -0.3 is 9.13 Å². The lowest BCUT2D eigenvalue weighted by molar-refractivity contribution is 0.906. The Labute approximate surface area is 159 Å². The van der Waals surface area contributed by atoms with E-state index < -0.39 is 0 Å². The van der Waals surface area contributed by atoms with Crippen molar-refractivity contribution in [3.63, 3.8) is 0 Å². The zero-order valence-corrected chi connectivity index (χ0v) is 15.8. The summed E-state index contributed by atoms with van der Waals surface area (Å²) in [6.45, 7) is 4.12. The van der Waals surface area contributed by atoms with Gasteiger partial charge in [0.15, 0.2) is 0 Å². The van der Waals surface area contributed by atoms with Gasteiger partial charge in [-0.1, -0.05) is 42.5 Å². The molecule has 0 unspecified atom stereocenters. The summed E-state index contributed by atoms with van der Waals surface area (Å²) in [5.41, 5.74) is 6.80. The number of rotatable bonds is 4. The normalized spacial score (nSPS) is 11.4. The molecule has 0 fully saturated rings. The van der Waals surface area contributed by atoms with Crippen LogP contribution in [0.4, 0.5) is 0 Å². The molecule has 0 atom stereocenters. The number of hydrogen-bond donors (Lipinski definition) is 0. The van der Waals surface area contributed by atoms with E-state index in [2.05, 4.69) is 68.5 Å². The first kappa shape index (κ1) is 17.0. The van der Waals surface area contributed by atoms with E-state index in [1.807, 2.05) is 50.9 Å². The first-order valence-electron chi connectivity index (χ1n) is 8.98. The molecule has 0 radical (unpaired) electrons. The molecule has 0 saturated carbocycles. The Morgan fingerprint density at radius 1 is 0.926 bits per heavy atom. The molecular weight excluding hydrogens is 332 g/mol. The zero-order chi connectivity index (χ0) is 18.8. The van der Waals surface area contributed by atoms with Crippen LogP contribution in [0.25, 0.3) is 29.1 Å². The van der Waals surface area contributed by atoms with Crippen LogP contribution in [0, 0.1) is 13.8 Å². The molecule has 2 heterocycles. The van der Waals surface area contributed by atoms with Crippen LogP contribution in [-0.4, -0.2) is 19.1 Å². The molecule has 4 heteroatoms. The van der Waals surface area contributed by atoms with Crippen molar-refractivity contribution < 1.29 is 0 Å². The lowest BCUT2D eigenvalue weighted by atomic mass is 10.1. The molecule has 0 N–H and O–H groups in total. The van der Waals surface area contributed by atoms with Crippen LogP contribution in [0.3, 0.4) is 0 Å². The van der Waals surface area contributed by atoms with E-state index in [0.717, 1.165) is 28.5 Å². The SMILES string of the molecule is Cc1cn(-c2ccc(/C=C/c3ncc(-c4ccccc4)n3C)cc2C)cn1. The first-order valence-corrected chi connectivity index (χ1v) is 8.98. The highest BCUT2D eigenvalue weighted by Crippen LogP contribution is 2.21. The van der Waals surface area contributed by atoms with Crippen molar-refractivity contribution in [3.05, 3.63) is 89.9 Å². The molecule has 4 aromatic rings. The summed E-state index contributed by atoms with van der Waals surface area (Å²) in [7, 11) is 2.05. The Bertz CT molecular complexity index is 1100. The topological polar surface area (TPSA) is 35.6 Å². The Morgan fingerprint density at radius 3 is 2.44 bits per heavy atom. The molecule has 2 aromatic carbocycles. The molecule has 2 aromatic heterocycles. The smallest absolute Gasteiger partial charge is 0.132 e. The van der Waals surface area contributed by atoms with Crippen LogP contribution >= 0.6 is 0 Å². The fourth-order valence-corrected chi connectivity index (χ4v) is 3.25. The molecule has 0 saturated heterocycles. The van der Waals surface area contributed by atoms with Crippen LogP contribution in [0.15, 0.2) is 67.3 Å². The number of aromatic nitrogens is 4. The zero-order valence-electron chi connectivity index (χ0n) is 15.8. The average Bonchev–Trinajstić information content (AvgIpc) is 3.26. The number of nitrogens with zero attached hydrogens (tertiary/aromatic N) is 4. The molecule has 0 bridgehead atoms. The van der Waals surface area contributed by atoms with Crippen LogP contribution < -0.4 is 0 Å². The Hall–Kier alpha value is -3.40. The van der Waals surface area contributed by atoms with Gasteiger partial charge in [-0.05, 0) is 48.7 Å². The molecule has 0 amide bonds. The maximum absolute atomic E-state index is 4.56. The van der Waals surface area contributed by atoms with E-state index in [-0.39, 0.29) is 0 Å². The second kappa shape index (κ2) is 7.08. The van der Waals surface area contributed by atoms with E-state index >= 15 is 0 Å². The van der Waals surface area contributed by atoms with E-state index in [0.29, 0.717) is 0 Å². The Kier molecular flexibility index (Phi) is 4.47. The van der Waals surface area contributed by atoms with E-state index in [4.69, 9.17) is 0 Å². The molecular formula is C23H22N4. The highest BCUT2D eigenvalue weighted by atomic mass is 15.1. The minimum atomic E-state index is 0.931. The first-order chi connectivity index (χ1) is 13.1. The highest BCUT2D eigenvalue weighted by Gasteiger charge is 2.06. The van der Waals surface area contributed by atoms with Gasteiger partial charge in [-0.3, -0.25) is 0 Å². The van der Waals surface area contributed by atoms with Gasteiger partial charge in [-0.25, -0.2) is 9.97 Å². The van der Waals surface area contributed by atoms with Gasteiger partial charge in [0.1, 0.15) is 5.82 Å². The Morgan fingerprint density at radius 2 is 1.74 bits per heavy atom. The molecule has 0 spiro atoms. The Balaban J connectivity index is 1.59.